The van der Waals surface area contributed by atoms with Gasteiger partial charge in [0, 0.05) is 40.9 Å². The lowest BCUT2D eigenvalue weighted by atomic mass is 9.92. The fraction of sp³-hybridized carbons (Fsp3) is 0.625. The molecule has 0 bridgehead atoms. The minimum Gasteiger partial charge on any atom is -0.395 e. The Morgan fingerprint density at radius 1 is 1.10 bits per heavy atom. The van der Waals surface area contributed by atoms with Crippen LogP contribution in [0, 0.1) is 0 Å². The zero-order chi connectivity index (χ0) is 21.9. The van der Waals surface area contributed by atoms with Crippen LogP contribution in [0.15, 0.2) is 18.2 Å². The molecule has 3 rings (SSSR count). The third-order valence-electron chi connectivity index (χ3n) is 5.56. The van der Waals surface area contributed by atoms with E-state index in [2.05, 4.69) is 23.2 Å². The van der Waals surface area contributed by atoms with Crippen LogP contribution in [-0.4, -0.2) is 59.0 Å². The summed E-state index contributed by atoms with van der Waals surface area (Å²) in [4.78, 5) is 7.00. The van der Waals surface area contributed by atoms with Gasteiger partial charge < -0.3 is 15.5 Å². The molecule has 3 N–H and O–H groups in total. The lowest BCUT2D eigenvalue weighted by Crippen LogP contribution is -2.31. The number of fused-ring (bicyclic) bond motifs is 2. The Balaban J connectivity index is 0.00000155. The van der Waals surface area contributed by atoms with E-state index in [1.165, 1.54) is 29.8 Å². The van der Waals surface area contributed by atoms with E-state index in [4.69, 9.17) is 26.8 Å². The minimum absolute atomic E-state index is 0.130. The second-order valence-electron chi connectivity index (χ2n) is 7.76. The van der Waals surface area contributed by atoms with Crippen molar-refractivity contribution in [1.29, 1.82) is 0 Å². The van der Waals surface area contributed by atoms with E-state index >= 15 is 0 Å². The van der Waals surface area contributed by atoms with E-state index in [0.717, 1.165) is 48.2 Å². The molecule has 2 aromatic rings. The Morgan fingerprint density at radius 3 is 2.50 bits per heavy atom. The van der Waals surface area contributed by atoms with Crippen LogP contribution in [0.5, 0.6) is 0 Å². The third kappa shape index (κ3) is 6.81. The molecular formula is C24H38ClN3O2. The van der Waals surface area contributed by atoms with Crippen molar-refractivity contribution in [3.63, 3.8) is 0 Å². The molecular weight excluding hydrogens is 398 g/mol. The molecule has 0 saturated carbocycles. The monoisotopic (exact) mass is 435 g/mol. The average Bonchev–Trinajstić information content (AvgIpc) is 2.75. The summed E-state index contributed by atoms with van der Waals surface area (Å²) in [5.41, 5.74) is 4.79. The van der Waals surface area contributed by atoms with Gasteiger partial charge in [0.1, 0.15) is 0 Å². The molecule has 0 fully saturated rings. The molecule has 0 radical (unpaired) electrons. The normalized spacial score (nSPS) is 14.2. The van der Waals surface area contributed by atoms with Gasteiger partial charge in [-0.25, -0.2) is 0 Å². The molecule has 168 valence electrons. The topological polar surface area (TPSA) is 68.6 Å². The van der Waals surface area contributed by atoms with Crippen LogP contribution in [0.2, 0.25) is 5.02 Å². The van der Waals surface area contributed by atoms with Gasteiger partial charge in [-0.15, -0.1) is 0 Å². The molecule has 1 aromatic heterocycles. The largest absolute Gasteiger partial charge is 0.395 e. The maximum absolute atomic E-state index is 9.15. The molecule has 0 saturated heterocycles. The molecule has 1 aliphatic rings. The van der Waals surface area contributed by atoms with Crippen molar-refractivity contribution in [1.82, 2.24) is 9.88 Å². The SMILES string of the molecule is CC.CC(CCCN(CCO)CCO)Nc1c2c(nc3cc(Cl)ccc13)CCCC2. The first-order valence-corrected chi connectivity index (χ1v) is 11.8. The fourth-order valence-corrected chi connectivity index (χ4v) is 4.29. The number of benzene rings is 1. The van der Waals surface area contributed by atoms with E-state index in [9.17, 15) is 0 Å². The minimum atomic E-state index is 0.130. The molecule has 0 spiro atoms. The Hall–Kier alpha value is -1.40. The summed E-state index contributed by atoms with van der Waals surface area (Å²) in [6, 6.07) is 6.32. The van der Waals surface area contributed by atoms with Crippen molar-refractivity contribution in [2.75, 3.05) is 38.2 Å². The number of nitrogens with one attached hydrogen (secondary N) is 1. The highest BCUT2D eigenvalue weighted by Gasteiger charge is 2.19. The Labute approximate surface area is 186 Å². The number of hydrogen-bond donors (Lipinski definition) is 3. The molecule has 1 atom stereocenters. The van der Waals surface area contributed by atoms with E-state index in [0.29, 0.717) is 19.1 Å². The summed E-state index contributed by atoms with van der Waals surface area (Å²) in [7, 11) is 0. The summed E-state index contributed by atoms with van der Waals surface area (Å²) >= 11 is 6.21. The lowest BCUT2D eigenvalue weighted by Gasteiger charge is -2.25. The van der Waals surface area contributed by atoms with Crippen molar-refractivity contribution in [3.8, 4) is 0 Å². The number of rotatable bonds is 10. The van der Waals surface area contributed by atoms with Gasteiger partial charge in [-0.1, -0.05) is 25.4 Å². The van der Waals surface area contributed by atoms with Gasteiger partial charge >= 0.3 is 0 Å². The van der Waals surface area contributed by atoms with E-state index < -0.39 is 0 Å². The van der Waals surface area contributed by atoms with Crippen LogP contribution < -0.4 is 5.32 Å². The van der Waals surface area contributed by atoms with Crippen LogP contribution in [-0.2, 0) is 12.8 Å². The number of aliphatic hydroxyl groups excluding tert-OH is 2. The number of halogens is 1. The van der Waals surface area contributed by atoms with Gasteiger partial charge in [0.2, 0.25) is 0 Å². The molecule has 1 unspecified atom stereocenters. The van der Waals surface area contributed by atoms with Crippen molar-refractivity contribution in [2.24, 2.45) is 0 Å². The van der Waals surface area contributed by atoms with Gasteiger partial charge in [0.05, 0.1) is 18.7 Å². The first kappa shape index (κ1) is 24.9. The number of aryl methyl sites for hydroxylation is 1. The van der Waals surface area contributed by atoms with Crippen LogP contribution in [0.4, 0.5) is 5.69 Å². The van der Waals surface area contributed by atoms with Gasteiger partial charge in [-0.2, -0.15) is 0 Å². The first-order valence-electron chi connectivity index (χ1n) is 11.4. The van der Waals surface area contributed by atoms with Crippen molar-refractivity contribution >= 4 is 28.2 Å². The molecule has 0 aliphatic heterocycles. The molecule has 5 nitrogen and oxygen atoms in total. The van der Waals surface area contributed by atoms with E-state index in [1.54, 1.807) is 0 Å². The number of hydrogen-bond acceptors (Lipinski definition) is 5. The Morgan fingerprint density at radius 2 is 1.80 bits per heavy atom. The zero-order valence-corrected chi connectivity index (χ0v) is 19.5. The number of nitrogens with zero attached hydrogens (tertiary/aromatic N) is 2. The highest BCUT2D eigenvalue weighted by molar-refractivity contribution is 6.31. The van der Waals surface area contributed by atoms with Gasteiger partial charge in [-0.05, 0) is 75.8 Å². The predicted molar refractivity (Wildman–Crippen MR) is 128 cm³/mol. The highest BCUT2D eigenvalue weighted by atomic mass is 35.5. The molecule has 30 heavy (non-hydrogen) atoms. The quantitative estimate of drug-likeness (QED) is 0.506. The van der Waals surface area contributed by atoms with Gasteiger partial charge in [0.25, 0.3) is 0 Å². The predicted octanol–water partition coefficient (Wildman–Crippen LogP) is 4.66. The highest BCUT2D eigenvalue weighted by Crippen LogP contribution is 2.35. The first-order chi connectivity index (χ1) is 14.6. The van der Waals surface area contributed by atoms with Gasteiger partial charge in [0.15, 0.2) is 0 Å². The second kappa shape index (κ2) is 13.1. The maximum atomic E-state index is 9.15. The second-order valence-corrected chi connectivity index (χ2v) is 8.19. The third-order valence-corrected chi connectivity index (χ3v) is 5.79. The summed E-state index contributed by atoms with van der Waals surface area (Å²) in [5, 5.41) is 23.9. The zero-order valence-electron chi connectivity index (χ0n) is 18.8. The summed E-state index contributed by atoms with van der Waals surface area (Å²) in [5.74, 6) is 0. The molecule has 1 aromatic carbocycles. The summed E-state index contributed by atoms with van der Waals surface area (Å²) in [6.07, 6.45) is 6.58. The van der Waals surface area contributed by atoms with E-state index in [1.807, 2.05) is 26.0 Å². The Bertz CT molecular complexity index is 779. The van der Waals surface area contributed by atoms with Crippen molar-refractivity contribution < 1.29 is 10.2 Å². The number of pyridine rings is 1. The number of anilines is 1. The van der Waals surface area contributed by atoms with Crippen molar-refractivity contribution in [3.05, 3.63) is 34.5 Å². The van der Waals surface area contributed by atoms with Gasteiger partial charge in [-0.3, -0.25) is 9.88 Å². The standard InChI is InChI=1S/C22H32ClN3O2.C2H6/c1-16(5-4-10-26(11-13-27)12-14-28)24-22-18-6-2-3-7-20(18)25-21-15-17(23)8-9-19(21)22;1-2/h8-9,15-16,27-28H,2-7,10-14H2,1H3,(H,24,25);1-2H3. The van der Waals surface area contributed by atoms with Crippen LogP contribution >= 0.6 is 11.6 Å². The molecule has 0 amide bonds. The van der Waals surface area contributed by atoms with Crippen molar-refractivity contribution in [2.45, 2.75) is 65.3 Å². The Kier molecular flexibility index (Phi) is 10.9. The van der Waals surface area contributed by atoms with Crippen LogP contribution in [0.3, 0.4) is 0 Å². The smallest absolute Gasteiger partial charge is 0.0741 e. The molecule has 1 aliphatic carbocycles. The molecule has 6 heteroatoms. The van der Waals surface area contributed by atoms with Crippen LogP contribution in [0.25, 0.3) is 10.9 Å². The van der Waals surface area contributed by atoms with E-state index in [-0.39, 0.29) is 13.2 Å². The number of aromatic nitrogens is 1. The average molecular weight is 436 g/mol. The summed E-state index contributed by atoms with van der Waals surface area (Å²) in [6.45, 7) is 8.60. The lowest BCUT2D eigenvalue weighted by molar-refractivity contribution is 0.159. The van der Waals surface area contributed by atoms with Crippen LogP contribution in [0.1, 0.15) is 57.7 Å². The number of aliphatic hydroxyl groups is 2. The molecule has 1 heterocycles. The fourth-order valence-electron chi connectivity index (χ4n) is 4.12. The summed E-state index contributed by atoms with van der Waals surface area (Å²) < 4.78 is 0. The maximum Gasteiger partial charge on any atom is 0.0741 e.